The average Bonchev–Trinajstić information content (AvgIpc) is 2.58. The number of hydrogen-bond donors (Lipinski definition) is 1. The topological polar surface area (TPSA) is 66.5 Å². The summed E-state index contributed by atoms with van der Waals surface area (Å²) in [6.07, 6.45) is 0.749. The van der Waals surface area contributed by atoms with E-state index in [1.54, 1.807) is 48.5 Å². The molecule has 2 aromatic carbocycles. The van der Waals surface area contributed by atoms with Crippen molar-refractivity contribution in [3.05, 3.63) is 71.3 Å². The minimum Gasteiger partial charge on any atom is -0.309 e. The van der Waals surface area contributed by atoms with Gasteiger partial charge in [-0.2, -0.15) is 0 Å². The molecule has 1 N–H and O–H groups in total. The van der Waals surface area contributed by atoms with E-state index < -0.39 is 10.0 Å². The molecule has 0 radical (unpaired) electrons. The molecule has 0 saturated heterocycles. The van der Waals surface area contributed by atoms with Gasteiger partial charge in [0.15, 0.2) is 5.78 Å². The van der Waals surface area contributed by atoms with Gasteiger partial charge in [-0.15, -0.1) is 0 Å². The van der Waals surface area contributed by atoms with E-state index in [0.717, 1.165) is 13.0 Å². The van der Waals surface area contributed by atoms with E-state index in [1.807, 2.05) is 25.1 Å². The summed E-state index contributed by atoms with van der Waals surface area (Å²) < 4.78 is 27.0. The standard InChI is InChI=1S/C19H24N2O3S/c1-21(2)13-7-12-20-25(23,24)15-16-8-6-11-18(14-16)19(22)17-9-4-3-5-10-17/h3-6,8-11,14,20H,7,12-13,15H2,1-2H3. The summed E-state index contributed by atoms with van der Waals surface area (Å²) in [5.74, 6) is -0.246. The first-order chi connectivity index (χ1) is 11.9. The van der Waals surface area contributed by atoms with Crippen LogP contribution in [0.15, 0.2) is 54.6 Å². The van der Waals surface area contributed by atoms with Gasteiger partial charge in [0.2, 0.25) is 10.0 Å². The van der Waals surface area contributed by atoms with Crippen molar-refractivity contribution < 1.29 is 13.2 Å². The van der Waals surface area contributed by atoms with Gasteiger partial charge >= 0.3 is 0 Å². The third-order valence-corrected chi connectivity index (χ3v) is 5.04. The monoisotopic (exact) mass is 360 g/mol. The van der Waals surface area contributed by atoms with Crippen LogP contribution >= 0.6 is 0 Å². The normalized spacial score (nSPS) is 11.6. The molecule has 0 spiro atoms. The van der Waals surface area contributed by atoms with E-state index in [4.69, 9.17) is 0 Å². The van der Waals surface area contributed by atoms with Crippen LogP contribution in [0.3, 0.4) is 0 Å². The first kappa shape index (κ1) is 19.3. The zero-order valence-corrected chi connectivity index (χ0v) is 15.4. The van der Waals surface area contributed by atoms with Gasteiger partial charge in [-0.05, 0) is 38.7 Å². The summed E-state index contributed by atoms with van der Waals surface area (Å²) in [7, 11) is 0.477. The number of ketones is 1. The summed E-state index contributed by atoms with van der Waals surface area (Å²) in [6, 6.07) is 15.7. The lowest BCUT2D eigenvalue weighted by atomic mass is 10.0. The van der Waals surface area contributed by atoms with E-state index in [0.29, 0.717) is 23.2 Å². The van der Waals surface area contributed by atoms with Crippen molar-refractivity contribution in [3.8, 4) is 0 Å². The second-order valence-electron chi connectivity index (χ2n) is 6.21. The predicted octanol–water partition coefficient (Wildman–Crippen LogP) is 2.29. The largest absolute Gasteiger partial charge is 0.309 e. The summed E-state index contributed by atoms with van der Waals surface area (Å²) >= 11 is 0. The lowest BCUT2D eigenvalue weighted by Crippen LogP contribution is -2.28. The van der Waals surface area contributed by atoms with Gasteiger partial charge < -0.3 is 4.90 Å². The molecule has 0 aliphatic heterocycles. The molecule has 25 heavy (non-hydrogen) atoms. The molecule has 2 aromatic rings. The van der Waals surface area contributed by atoms with Crippen LogP contribution in [0.2, 0.25) is 0 Å². The highest BCUT2D eigenvalue weighted by Gasteiger charge is 2.14. The molecule has 0 saturated carbocycles. The molecule has 0 aromatic heterocycles. The van der Waals surface area contributed by atoms with Gasteiger partial charge in [-0.3, -0.25) is 4.79 Å². The minimum absolute atomic E-state index is 0.112. The van der Waals surface area contributed by atoms with Crippen LogP contribution in [-0.4, -0.2) is 46.3 Å². The molecule has 0 bridgehead atoms. The van der Waals surface area contributed by atoms with Crippen LogP contribution < -0.4 is 4.72 Å². The quantitative estimate of drug-likeness (QED) is 0.550. The molecule has 0 fully saturated rings. The summed E-state index contributed by atoms with van der Waals surface area (Å²) in [4.78, 5) is 14.5. The fourth-order valence-corrected chi connectivity index (χ4v) is 3.63. The predicted molar refractivity (Wildman–Crippen MR) is 100 cm³/mol. The van der Waals surface area contributed by atoms with Gasteiger partial charge in [0.25, 0.3) is 0 Å². The fourth-order valence-electron chi connectivity index (χ4n) is 2.45. The summed E-state index contributed by atoms with van der Waals surface area (Å²) in [5, 5.41) is 0. The highest BCUT2D eigenvalue weighted by atomic mass is 32.2. The van der Waals surface area contributed by atoms with Gasteiger partial charge in [-0.1, -0.05) is 48.5 Å². The van der Waals surface area contributed by atoms with Crippen LogP contribution in [0.1, 0.15) is 27.9 Å². The molecule has 0 aliphatic carbocycles. The third-order valence-electron chi connectivity index (χ3n) is 3.69. The van der Waals surface area contributed by atoms with E-state index in [1.165, 1.54) is 0 Å². The Morgan fingerprint density at radius 3 is 2.36 bits per heavy atom. The van der Waals surface area contributed by atoms with Crippen LogP contribution in [0, 0.1) is 0 Å². The second kappa shape index (κ2) is 8.89. The van der Waals surface area contributed by atoms with Crippen LogP contribution in [-0.2, 0) is 15.8 Å². The van der Waals surface area contributed by atoms with E-state index in [9.17, 15) is 13.2 Å². The Hall–Kier alpha value is -2.02. The molecule has 0 heterocycles. The van der Waals surface area contributed by atoms with E-state index in [-0.39, 0.29) is 11.5 Å². The number of nitrogens with one attached hydrogen (secondary N) is 1. The van der Waals surface area contributed by atoms with Gasteiger partial charge in [0.1, 0.15) is 0 Å². The maximum atomic E-state index is 12.5. The Balaban J connectivity index is 2.02. The number of benzene rings is 2. The van der Waals surface area contributed by atoms with Crippen molar-refractivity contribution in [2.75, 3.05) is 27.2 Å². The molecule has 0 atom stereocenters. The highest BCUT2D eigenvalue weighted by Crippen LogP contribution is 2.13. The Bertz CT molecular complexity index is 802. The number of carbonyl (C=O) groups is 1. The molecular weight excluding hydrogens is 336 g/mol. The lowest BCUT2D eigenvalue weighted by molar-refractivity contribution is 0.103. The van der Waals surface area contributed by atoms with Gasteiger partial charge in [0.05, 0.1) is 5.75 Å². The maximum Gasteiger partial charge on any atom is 0.215 e. The number of hydrogen-bond acceptors (Lipinski definition) is 4. The summed E-state index contributed by atoms with van der Waals surface area (Å²) in [6.45, 7) is 1.23. The Labute approximate surface area is 149 Å². The van der Waals surface area contributed by atoms with E-state index in [2.05, 4.69) is 4.72 Å². The number of rotatable bonds is 9. The maximum absolute atomic E-state index is 12.5. The van der Waals surface area contributed by atoms with Crippen molar-refractivity contribution in [2.45, 2.75) is 12.2 Å². The zero-order valence-electron chi connectivity index (χ0n) is 14.6. The summed E-state index contributed by atoms with van der Waals surface area (Å²) in [5.41, 5.74) is 1.68. The van der Waals surface area contributed by atoms with E-state index >= 15 is 0 Å². The second-order valence-corrected chi connectivity index (χ2v) is 8.01. The molecule has 0 aliphatic rings. The SMILES string of the molecule is CN(C)CCCNS(=O)(=O)Cc1cccc(C(=O)c2ccccc2)c1. The number of sulfonamides is 1. The van der Waals surface area contributed by atoms with Gasteiger partial charge in [-0.25, -0.2) is 13.1 Å². The van der Waals surface area contributed by atoms with Crippen LogP contribution in [0.4, 0.5) is 0 Å². The first-order valence-electron chi connectivity index (χ1n) is 8.18. The molecule has 2 rings (SSSR count). The fraction of sp³-hybridized carbons (Fsp3) is 0.316. The Kier molecular flexibility index (Phi) is 6.87. The van der Waals surface area contributed by atoms with Crippen LogP contribution in [0.25, 0.3) is 0 Å². The molecule has 0 unspecified atom stereocenters. The zero-order chi connectivity index (χ0) is 18.3. The molecule has 5 nitrogen and oxygen atoms in total. The lowest BCUT2D eigenvalue weighted by Gasteiger charge is -2.11. The molecule has 134 valence electrons. The molecular formula is C19H24N2O3S. The number of carbonyl (C=O) groups excluding carboxylic acids is 1. The smallest absolute Gasteiger partial charge is 0.215 e. The molecule has 0 amide bonds. The first-order valence-corrected chi connectivity index (χ1v) is 9.83. The van der Waals surface area contributed by atoms with Crippen LogP contribution in [0.5, 0.6) is 0 Å². The van der Waals surface area contributed by atoms with Gasteiger partial charge in [0, 0.05) is 17.7 Å². The highest BCUT2D eigenvalue weighted by molar-refractivity contribution is 7.88. The Morgan fingerprint density at radius 2 is 1.68 bits per heavy atom. The average molecular weight is 360 g/mol. The number of nitrogens with zero attached hydrogens (tertiary/aromatic N) is 1. The minimum atomic E-state index is -3.42. The molecule has 6 heteroatoms. The van der Waals surface area contributed by atoms with Crippen molar-refractivity contribution in [1.29, 1.82) is 0 Å². The van der Waals surface area contributed by atoms with Crippen molar-refractivity contribution in [1.82, 2.24) is 9.62 Å². The third kappa shape index (κ3) is 6.42. The van der Waals surface area contributed by atoms with Crippen molar-refractivity contribution in [3.63, 3.8) is 0 Å². The van der Waals surface area contributed by atoms with Crippen molar-refractivity contribution in [2.24, 2.45) is 0 Å². The Morgan fingerprint density at radius 1 is 1.00 bits per heavy atom. The van der Waals surface area contributed by atoms with Crippen molar-refractivity contribution >= 4 is 15.8 Å².